The Labute approximate surface area is 134 Å². The normalized spacial score (nSPS) is 11.7. The maximum atomic E-state index is 11.1. The largest absolute Gasteiger partial charge is 0.395 e. The van der Waals surface area contributed by atoms with Gasteiger partial charge in [0.25, 0.3) is 5.69 Å². The zero-order valence-corrected chi connectivity index (χ0v) is 12.5. The molecule has 1 atom stereocenters. The monoisotopic (exact) mass is 311 g/mol. The molecule has 2 N–H and O–H groups in total. The Morgan fingerprint density at radius 2 is 2.00 bits per heavy atom. The zero-order valence-electron chi connectivity index (χ0n) is 12.5. The Bertz CT molecular complexity index is 711. The topological polar surface area (TPSA) is 99.2 Å². The smallest absolute Gasteiger partial charge is 0.273 e. The summed E-state index contributed by atoms with van der Waals surface area (Å²) in [5.41, 5.74) is 1.84. The summed E-state index contributed by atoms with van der Waals surface area (Å²) in [5, 5.41) is 32.6. The van der Waals surface area contributed by atoms with E-state index in [0.717, 1.165) is 5.56 Å². The van der Waals surface area contributed by atoms with Crippen molar-refractivity contribution in [2.75, 3.05) is 6.61 Å². The molecule has 23 heavy (non-hydrogen) atoms. The van der Waals surface area contributed by atoms with Crippen LogP contribution in [0.5, 0.6) is 0 Å². The first-order chi connectivity index (χ1) is 11.1. The molecule has 0 radical (unpaired) electrons. The summed E-state index contributed by atoms with van der Waals surface area (Å²) < 4.78 is 0. The quantitative estimate of drug-likeness (QED) is 0.603. The van der Waals surface area contributed by atoms with E-state index in [0.29, 0.717) is 17.5 Å². The predicted molar refractivity (Wildman–Crippen MR) is 85.7 cm³/mol. The molecule has 6 heteroatoms. The third-order valence-electron chi connectivity index (χ3n) is 3.53. The van der Waals surface area contributed by atoms with E-state index in [-0.39, 0.29) is 24.9 Å². The van der Waals surface area contributed by atoms with Crippen LogP contribution in [0.4, 0.5) is 5.69 Å². The second-order valence-electron chi connectivity index (χ2n) is 5.16. The Morgan fingerprint density at radius 3 is 2.61 bits per heavy atom. The van der Waals surface area contributed by atoms with Gasteiger partial charge < -0.3 is 10.4 Å². The highest BCUT2D eigenvalue weighted by molar-refractivity contribution is 5.46. The van der Waals surface area contributed by atoms with E-state index in [4.69, 9.17) is 5.26 Å². The summed E-state index contributed by atoms with van der Waals surface area (Å²) >= 11 is 0. The number of hydrogen-bond acceptors (Lipinski definition) is 5. The van der Waals surface area contributed by atoms with Gasteiger partial charge in [0.05, 0.1) is 23.2 Å². The molecular formula is C17H17N3O3. The van der Waals surface area contributed by atoms with Crippen LogP contribution < -0.4 is 5.32 Å². The molecule has 0 heterocycles. The third-order valence-corrected chi connectivity index (χ3v) is 3.53. The number of aliphatic hydroxyl groups excluding tert-OH is 1. The van der Waals surface area contributed by atoms with Crippen LogP contribution in [-0.4, -0.2) is 22.7 Å². The molecule has 0 aliphatic heterocycles. The van der Waals surface area contributed by atoms with Gasteiger partial charge in [0.1, 0.15) is 0 Å². The molecule has 0 spiro atoms. The molecule has 6 nitrogen and oxygen atoms in total. The van der Waals surface area contributed by atoms with E-state index in [2.05, 4.69) is 5.32 Å². The fraction of sp³-hybridized carbons (Fsp3) is 0.235. The van der Waals surface area contributed by atoms with Crippen molar-refractivity contribution in [3.05, 3.63) is 75.3 Å². The fourth-order valence-electron chi connectivity index (χ4n) is 2.33. The van der Waals surface area contributed by atoms with Crippen LogP contribution in [0.15, 0.2) is 48.5 Å². The number of nitrogens with zero attached hydrogens (tertiary/aromatic N) is 2. The molecule has 2 aromatic rings. The molecular weight excluding hydrogens is 294 g/mol. The lowest BCUT2D eigenvalue weighted by Gasteiger charge is -2.16. The number of rotatable bonds is 7. The fourth-order valence-corrected chi connectivity index (χ4v) is 2.33. The molecule has 0 aliphatic carbocycles. The summed E-state index contributed by atoms with van der Waals surface area (Å²) in [5.74, 6) is 0. The standard InChI is InChI=1S/C17H17N3O3/c18-10-14-6-7-17(20(22)23)15(8-14)11-19-16(12-21)9-13-4-2-1-3-5-13/h1-8,16,19,21H,9,11-12H2/t16-/m1/s1. The predicted octanol–water partition coefficient (Wildman–Crippen LogP) is 2.16. The molecule has 118 valence electrons. The Kier molecular flexibility index (Phi) is 5.80. The molecule has 0 aromatic heterocycles. The van der Waals surface area contributed by atoms with Gasteiger partial charge in [-0.25, -0.2) is 0 Å². The summed E-state index contributed by atoms with van der Waals surface area (Å²) in [6, 6.07) is 15.7. The number of aliphatic hydroxyl groups is 1. The molecule has 0 fully saturated rings. The minimum Gasteiger partial charge on any atom is -0.395 e. The minimum absolute atomic E-state index is 0.0344. The molecule has 0 saturated heterocycles. The summed E-state index contributed by atoms with van der Waals surface area (Å²) in [4.78, 5) is 10.6. The molecule has 0 unspecified atom stereocenters. The number of nitriles is 1. The van der Waals surface area contributed by atoms with Gasteiger partial charge in [-0.05, 0) is 24.1 Å². The number of nitro groups is 1. The maximum absolute atomic E-state index is 11.1. The van der Waals surface area contributed by atoms with Crippen molar-refractivity contribution in [1.29, 1.82) is 5.26 Å². The molecule has 0 bridgehead atoms. The second-order valence-corrected chi connectivity index (χ2v) is 5.16. The van der Waals surface area contributed by atoms with Crippen molar-refractivity contribution in [2.45, 2.75) is 19.0 Å². The molecule has 2 aromatic carbocycles. The maximum Gasteiger partial charge on any atom is 0.273 e. The lowest BCUT2D eigenvalue weighted by Crippen LogP contribution is -2.34. The second kappa shape index (κ2) is 8.03. The van der Waals surface area contributed by atoms with Crippen molar-refractivity contribution in [2.24, 2.45) is 0 Å². The first-order valence-electron chi connectivity index (χ1n) is 7.19. The van der Waals surface area contributed by atoms with Crippen molar-refractivity contribution in [3.63, 3.8) is 0 Å². The van der Waals surface area contributed by atoms with Crippen molar-refractivity contribution in [3.8, 4) is 6.07 Å². The van der Waals surface area contributed by atoms with Crippen molar-refractivity contribution < 1.29 is 10.0 Å². The highest BCUT2D eigenvalue weighted by Gasteiger charge is 2.16. The van der Waals surface area contributed by atoms with Crippen LogP contribution in [-0.2, 0) is 13.0 Å². The van der Waals surface area contributed by atoms with Crippen molar-refractivity contribution in [1.82, 2.24) is 5.32 Å². The van der Waals surface area contributed by atoms with E-state index in [1.165, 1.54) is 18.2 Å². The average Bonchev–Trinajstić information content (AvgIpc) is 2.59. The van der Waals surface area contributed by atoms with Gasteiger partial charge in [-0.15, -0.1) is 0 Å². The van der Waals surface area contributed by atoms with E-state index >= 15 is 0 Å². The van der Waals surface area contributed by atoms with Crippen LogP contribution in [0.1, 0.15) is 16.7 Å². The third kappa shape index (κ3) is 4.61. The number of benzene rings is 2. The number of nitrogens with one attached hydrogen (secondary N) is 1. The van der Waals surface area contributed by atoms with Crippen LogP contribution in [0.3, 0.4) is 0 Å². The Balaban J connectivity index is 2.09. The molecule has 0 saturated carbocycles. The van der Waals surface area contributed by atoms with Crippen LogP contribution in [0.2, 0.25) is 0 Å². The van der Waals surface area contributed by atoms with E-state index in [1.807, 2.05) is 36.4 Å². The highest BCUT2D eigenvalue weighted by Crippen LogP contribution is 2.20. The first-order valence-corrected chi connectivity index (χ1v) is 7.19. The first kappa shape index (κ1) is 16.6. The lowest BCUT2D eigenvalue weighted by molar-refractivity contribution is -0.385. The lowest BCUT2D eigenvalue weighted by atomic mass is 10.1. The van der Waals surface area contributed by atoms with E-state index < -0.39 is 4.92 Å². The van der Waals surface area contributed by atoms with E-state index in [1.54, 1.807) is 0 Å². The Morgan fingerprint density at radius 1 is 1.26 bits per heavy atom. The summed E-state index contributed by atoms with van der Waals surface area (Å²) in [6.07, 6.45) is 0.614. The van der Waals surface area contributed by atoms with Gasteiger partial charge in [0, 0.05) is 24.2 Å². The van der Waals surface area contributed by atoms with Crippen LogP contribution >= 0.6 is 0 Å². The minimum atomic E-state index is -0.469. The highest BCUT2D eigenvalue weighted by atomic mass is 16.6. The van der Waals surface area contributed by atoms with E-state index in [9.17, 15) is 15.2 Å². The van der Waals surface area contributed by atoms with Crippen molar-refractivity contribution >= 4 is 5.69 Å². The number of nitro benzene ring substituents is 1. The summed E-state index contributed by atoms with van der Waals surface area (Å²) in [6.45, 7) is 0.129. The SMILES string of the molecule is N#Cc1ccc([N+](=O)[O-])c(CN[C@@H](CO)Cc2ccccc2)c1. The summed E-state index contributed by atoms with van der Waals surface area (Å²) in [7, 11) is 0. The number of hydrogen-bond donors (Lipinski definition) is 2. The van der Waals surface area contributed by atoms with Gasteiger partial charge in [-0.3, -0.25) is 10.1 Å². The Hall–Kier alpha value is -2.75. The van der Waals surface area contributed by atoms with Gasteiger partial charge in [-0.1, -0.05) is 30.3 Å². The molecule has 0 amide bonds. The van der Waals surface area contributed by atoms with Gasteiger partial charge in [-0.2, -0.15) is 5.26 Å². The van der Waals surface area contributed by atoms with Gasteiger partial charge in [0.2, 0.25) is 0 Å². The molecule has 0 aliphatic rings. The van der Waals surface area contributed by atoms with Crippen LogP contribution in [0.25, 0.3) is 0 Å². The zero-order chi connectivity index (χ0) is 16.7. The molecule has 2 rings (SSSR count). The van der Waals surface area contributed by atoms with Gasteiger partial charge >= 0.3 is 0 Å². The van der Waals surface area contributed by atoms with Gasteiger partial charge in [0.15, 0.2) is 0 Å². The van der Waals surface area contributed by atoms with Crippen LogP contribution in [0, 0.1) is 21.4 Å². The average molecular weight is 311 g/mol.